The van der Waals surface area contributed by atoms with Gasteiger partial charge in [-0.25, -0.2) is 4.79 Å². The van der Waals surface area contributed by atoms with Crippen LogP contribution in [0.15, 0.2) is 0 Å². The van der Waals surface area contributed by atoms with Crippen molar-refractivity contribution in [3.05, 3.63) is 0 Å². The van der Waals surface area contributed by atoms with Crippen LogP contribution in [0.4, 0.5) is 13.2 Å². The molecule has 2 aliphatic rings. The maximum absolute atomic E-state index is 11.2. The number of rotatable bonds is 0. The molecule has 0 saturated carbocycles. The van der Waals surface area contributed by atoms with Crippen LogP contribution >= 0.6 is 0 Å². The van der Waals surface area contributed by atoms with Gasteiger partial charge in [-0.2, -0.15) is 13.2 Å². The van der Waals surface area contributed by atoms with E-state index < -0.39 is 12.1 Å². The SMILES string of the molecule is O=C(O)C(F)(F)F.O=C1CC2(CCNCC2)C(O)CN1. The van der Waals surface area contributed by atoms with Crippen molar-refractivity contribution in [2.45, 2.75) is 31.5 Å². The molecule has 2 fully saturated rings. The molecule has 2 aliphatic heterocycles. The quantitative estimate of drug-likeness (QED) is 0.499. The average Bonchev–Trinajstić information content (AvgIpc) is 2.35. The first-order valence-electron chi connectivity index (χ1n) is 6.13. The number of alkyl halides is 3. The van der Waals surface area contributed by atoms with Crippen LogP contribution in [0.2, 0.25) is 0 Å². The van der Waals surface area contributed by atoms with E-state index in [9.17, 15) is 23.1 Å². The average molecular weight is 298 g/mol. The van der Waals surface area contributed by atoms with Crippen LogP contribution in [0.1, 0.15) is 19.3 Å². The maximum atomic E-state index is 11.2. The summed E-state index contributed by atoms with van der Waals surface area (Å²) in [5, 5.41) is 22.9. The third kappa shape index (κ3) is 4.34. The normalized spacial score (nSPS) is 25.4. The van der Waals surface area contributed by atoms with Gasteiger partial charge in [0.2, 0.25) is 5.91 Å². The number of amides is 1. The highest BCUT2D eigenvalue weighted by molar-refractivity contribution is 5.77. The molecule has 2 rings (SSSR count). The van der Waals surface area contributed by atoms with E-state index >= 15 is 0 Å². The van der Waals surface area contributed by atoms with Crippen molar-refractivity contribution >= 4 is 11.9 Å². The van der Waals surface area contributed by atoms with E-state index in [1.165, 1.54) is 0 Å². The first kappa shape index (κ1) is 16.7. The van der Waals surface area contributed by atoms with E-state index in [2.05, 4.69) is 10.6 Å². The van der Waals surface area contributed by atoms with Crippen molar-refractivity contribution in [1.29, 1.82) is 0 Å². The second-order valence-corrected chi connectivity index (χ2v) is 4.91. The van der Waals surface area contributed by atoms with E-state index in [0.717, 1.165) is 25.9 Å². The van der Waals surface area contributed by atoms with Crippen LogP contribution in [0.5, 0.6) is 0 Å². The third-order valence-corrected chi connectivity index (χ3v) is 3.55. The number of carboxylic acid groups (broad SMARTS) is 1. The van der Waals surface area contributed by atoms with Gasteiger partial charge in [-0.1, -0.05) is 0 Å². The number of carbonyl (C=O) groups is 2. The van der Waals surface area contributed by atoms with Gasteiger partial charge in [0.1, 0.15) is 0 Å². The summed E-state index contributed by atoms with van der Waals surface area (Å²) < 4.78 is 31.7. The second kappa shape index (κ2) is 6.40. The van der Waals surface area contributed by atoms with E-state index in [-0.39, 0.29) is 17.4 Å². The molecule has 20 heavy (non-hydrogen) atoms. The number of β-amino-alcohol motifs (C(OH)–C–C–N with tert-alkyl or cyclic N) is 1. The Labute approximate surface area is 113 Å². The summed E-state index contributed by atoms with van der Waals surface area (Å²) in [6.45, 7) is 2.27. The molecule has 1 atom stereocenters. The number of aliphatic hydroxyl groups excluding tert-OH is 1. The Hall–Kier alpha value is -1.35. The van der Waals surface area contributed by atoms with E-state index in [1.54, 1.807) is 0 Å². The summed E-state index contributed by atoms with van der Waals surface area (Å²) in [6.07, 6.45) is -3.11. The molecule has 0 aliphatic carbocycles. The van der Waals surface area contributed by atoms with Crippen molar-refractivity contribution < 1.29 is 33.0 Å². The second-order valence-electron chi connectivity index (χ2n) is 4.91. The number of hydrogen-bond acceptors (Lipinski definition) is 4. The zero-order valence-electron chi connectivity index (χ0n) is 10.7. The fourth-order valence-corrected chi connectivity index (χ4v) is 2.36. The van der Waals surface area contributed by atoms with E-state index in [0.29, 0.717) is 13.0 Å². The van der Waals surface area contributed by atoms with Gasteiger partial charge in [0.15, 0.2) is 0 Å². The fraction of sp³-hybridized carbons (Fsp3) is 0.818. The van der Waals surface area contributed by atoms with Gasteiger partial charge in [-0.05, 0) is 25.9 Å². The van der Waals surface area contributed by atoms with Crippen LogP contribution in [0, 0.1) is 5.41 Å². The minimum absolute atomic E-state index is 0.0900. The molecule has 116 valence electrons. The number of aliphatic hydroxyl groups is 1. The van der Waals surface area contributed by atoms with Crippen LogP contribution in [-0.2, 0) is 9.59 Å². The number of carbonyl (C=O) groups excluding carboxylic acids is 1. The fourth-order valence-electron chi connectivity index (χ4n) is 2.36. The molecule has 0 bridgehead atoms. The molecule has 2 saturated heterocycles. The Morgan fingerprint density at radius 3 is 2.25 bits per heavy atom. The lowest BCUT2D eigenvalue weighted by molar-refractivity contribution is -0.192. The molecule has 4 N–H and O–H groups in total. The zero-order chi connectivity index (χ0) is 15.4. The van der Waals surface area contributed by atoms with Crippen molar-refractivity contribution in [2.75, 3.05) is 19.6 Å². The van der Waals surface area contributed by atoms with Gasteiger partial charge in [0.25, 0.3) is 0 Å². The molecular formula is C11H17F3N2O4. The van der Waals surface area contributed by atoms with Crippen molar-refractivity contribution in [3.63, 3.8) is 0 Å². The molecule has 0 aromatic rings. The predicted octanol–water partition coefficient (Wildman–Crippen LogP) is -0.130. The summed E-state index contributed by atoms with van der Waals surface area (Å²) in [6, 6.07) is 0. The van der Waals surface area contributed by atoms with Crippen LogP contribution < -0.4 is 10.6 Å². The molecule has 0 aromatic heterocycles. The van der Waals surface area contributed by atoms with Crippen LogP contribution in [0.3, 0.4) is 0 Å². The third-order valence-electron chi connectivity index (χ3n) is 3.55. The lowest BCUT2D eigenvalue weighted by Crippen LogP contribution is -2.55. The molecule has 6 nitrogen and oxygen atoms in total. The van der Waals surface area contributed by atoms with Gasteiger partial charge >= 0.3 is 12.1 Å². The van der Waals surface area contributed by atoms with Crippen molar-refractivity contribution in [3.8, 4) is 0 Å². The number of carboxylic acids is 1. The smallest absolute Gasteiger partial charge is 0.475 e. The largest absolute Gasteiger partial charge is 0.490 e. The number of piperidine rings is 2. The van der Waals surface area contributed by atoms with Gasteiger partial charge < -0.3 is 20.8 Å². The van der Waals surface area contributed by atoms with E-state index in [4.69, 9.17) is 9.90 Å². The van der Waals surface area contributed by atoms with Crippen LogP contribution in [-0.4, -0.2) is 54.0 Å². The van der Waals surface area contributed by atoms with Gasteiger partial charge in [0.05, 0.1) is 6.10 Å². The van der Waals surface area contributed by atoms with Crippen molar-refractivity contribution in [2.24, 2.45) is 5.41 Å². The number of aliphatic carboxylic acids is 1. The lowest BCUT2D eigenvalue weighted by atomic mass is 9.70. The summed E-state index contributed by atoms with van der Waals surface area (Å²) in [5.74, 6) is -2.67. The Morgan fingerprint density at radius 2 is 1.80 bits per heavy atom. The Balaban J connectivity index is 0.000000246. The number of nitrogens with one attached hydrogen (secondary N) is 2. The number of halogens is 3. The lowest BCUT2D eigenvalue weighted by Gasteiger charge is -2.43. The predicted molar refractivity (Wildman–Crippen MR) is 61.9 cm³/mol. The first-order chi connectivity index (χ1) is 9.17. The van der Waals surface area contributed by atoms with Crippen LogP contribution in [0.25, 0.3) is 0 Å². The highest BCUT2D eigenvalue weighted by Gasteiger charge is 2.43. The van der Waals surface area contributed by atoms with Gasteiger partial charge in [-0.3, -0.25) is 4.79 Å². The van der Waals surface area contributed by atoms with E-state index in [1.807, 2.05) is 0 Å². The Bertz CT molecular complexity index is 367. The first-order valence-corrected chi connectivity index (χ1v) is 6.13. The molecule has 2 heterocycles. The monoisotopic (exact) mass is 298 g/mol. The Morgan fingerprint density at radius 1 is 1.30 bits per heavy atom. The Kier molecular flexibility index (Phi) is 5.35. The molecule has 1 amide bonds. The minimum Gasteiger partial charge on any atom is -0.475 e. The van der Waals surface area contributed by atoms with Gasteiger partial charge in [-0.15, -0.1) is 0 Å². The van der Waals surface area contributed by atoms with Gasteiger partial charge in [0, 0.05) is 18.4 Å². The highest BCUT2D eigenvalue weighted by atomic mass is 19.4. The minimum atomic E-state index is -5.08. The summed E-state index contributed by atoms with van der Waals surface area (Å²) in [5.41, 5.74) is -0.131. The zero-order valence-corrected chi connectivity index (χ0v) is 10.7. The highest BCUT2D eigenvalue weighted by Crippen LogP contribution is 2.38. The summed E-state index contributed by atoms with van der Waals surface area (Å²) in [7, 11) is 0. The van der Waals surface area contributed by atoms with Crippen molar-refractivity contribution in [1.82, 2.24) is 10.6 Å². The number of hydrogen-bond donors (Lipinski definition) is 4. The molecular weight excluding hydrogens is 281 g/mol. The summed E-state index contributed by atoms with van der Waals surface area (Å²) >= 11 is 0. The molecule has 1 spiro atoms. The summed E-state index contributed by atoms with van der Waals surface area (Å²) in [4.78, 5) is 20.1. The maximum Gasteiger partial charge on any atom is 0.490 e. The molecule has 9 heteroatoms. The molecule has 0 aromatic carbocycles. The molecule has 1 unspecified atom stereocenters. The topological polar surface area (TPSA) is 98.7 Å². The molecule has 0 radical (unpaired) electrons. The standard InChI is InChI=1S/C9H16N2O2.C2HF3O2/c12-7-6-11-8(13)5-9(7)1-3-10-4-2-9;3-2(4,5)1(6)7/h7,10,12H,1-6H2,(H,11,13);(H,6,7).